The molecule has 2 aromatic rings. The van der Waals surface area contributed by atoms with Gasteiger partial charge in [-0.3, -0.25) is 10.1 Å². The van der Waals surface area contributed by atoms with E-state index in [1.54, 1.807) is 18.2 Å². The lowest BCUT2D eigenvalue weighted by Crippen LogP contribution is -2.00. The molecule has 0 spiro atoms. The first-order chi connectivity index (χ1) is 10.5. The molecule has 5 nitrogen and oxygen atoms in total. The SMILES string of the molecule is Cc1cccc(COC(=O)/C=C/c2ccc([N+](=O)[O-])cc2)c1. The summed E-state index contributed by atoms with van der Waals surface area (Å²) in [6.45, 7) is 2.19. The van der Waals surface area contributed by atoms with Crippen molar-refractivity contribution in [3.8, 4) is 0 Å². The first kappa shape index (κ1) is 15.4. The first-order valence-corrected chi connectivity index (χ1v) is 6.69. The second kappa shape index (κ2) is 7.17. The van der Waals surface area contributed by atoms with Gasteiger partial charge in [-0.05, 0) is 36.3 Å². The van der Waals surface area contributed by atoms with Crippen molar-refractivity contribution in [2.75, 3.05) is 0 Å². The van der Waals surface area contributed by atoms with Crippen LogP contribution in [0.3, 0.4) is 0 Å². The molecule has 0 N–H and O–H groups in total. The third-order valence-electron chi connectivity index (χ3n) is 2.98. The lowest BCUT2D eigenvalue weighted by atomic mass is 10.1. The molecule has 112 valence electrons. The number of esters is 1. The van der Waals surface area contributed by atoms with Gasteiger partial charge in [-0.25, -0.2) is 4.79 Å². The van der Waals surface area contributed by atoms with Gasteiger partial charge in [0.05, 0.1) is 4.92 Å². The van der Waals surface area contributed by atoms with E-state index >= 15 is 0 Å². The fraction of sp³-hybridized carbons (Fsp3) is 0.118. The van der Waals surface area contributed by atoms with Crippen LogP contribution in [0.15, 0.2) is 54.6 Å². The smallest absolute Gasteiger partial charge is 0.331 e. The molecular formula is C17H15NO4. The number of carbonyl (C=O) groups excluding carboxylic acids is 1. The Bertz CT molecular complexity index is 705. The van der Waals surface area contributed by atoms with E-state index in [1.807, 2.05) is 31.2 Å². The topological polar surface area (TPSA) is 69.4 Å². The zero-order valence-corrected chi connectivity index (χ0v) is 12.1. The fourth-order valence-corrected chi connectivity index (χ4v) is 1.88. The molecule has 0 aromatic heterocycles. The highest BCUT2D eigenvalue weighted by Gasteiger charge is 2.03. The van der Waals surface area contributed by atoms with Gasteiger partial charge in [0.25, 0.3) is 5.69 Å². The molecule has 0 saturated heterocycles. The Morgan fingerprint density at radius 1 is 1.23 bits per heavy atom. The summed E-state index contributed by atoms with van der Waals surface area (Å²) >= 11 is 0. The summed E-state index contributed by atoms with van der Waals surface area (Å²) in [6.07, 6.45) is 2.86. The Morgan fingerprint density at radius 3 is 2.59 bits per heavy atom. The number of aryl methyl sites for hydroxylation is 1. The van der Waals surface area contributed by atoms with E-state index in [9.17, 15) is 14.9 Å². The molecular weight excluding hydrogens is 282 g/mol. The van der Waals surface area contributed by atoms with Gasteiger partial charge in [-0.1, -0.05) is 29.8 Å². The van der Waals surface area contributed by atoms with Crippen LogP contribution in [0.5, 0.6) is 0 Å². The number of nitro benzene ring substituents is 1. The lowest BCUT2D eigenvalue weighted by Gasteiger charge is -2.03. The van der Waals surface area contributed by atoms with E-state index in [1.165, 1.54) is 18.2 Å². The van der Waals surface area contributed by atoms with Gasteiger partial charge >= 0.3 is 5.97 Å². The van der Waals surface area contributed by atoms with Gasteiger partial charge in [0.2, 0.25) is 0 Å². The summed E-state index contributed by atoms with van der Waals surface area (Å²) in [7, 11) is 0. The van der Waals surface area contributed by atoms with Crippen LogP contribution in [0, 0.1) is 17.0 Å². The average molecular weight is 297 g/mol. The maximum absolute atomic E-state index is 11.6. The van der Waals surface area contributed by atoms with Crippen molar-refractivity contribution in [1.29, 1.82) is 0 Å². The normalized spacial score (nSPS) is 10.6. The molecule has 5 heteroatoms. The average Bonchev–Trinajstić information content (AvgIpc) is 2.51. The summed E-state index contributed by atoms with van der Waals surface area (Å²) in [4.78, 5) is 21.7. The number of hydrogen-bond donors (Lipinski definition) is 0. The van der Waals surface area contributed by atoms with Crippen molar-refractivity contribution in [3.63, 3.8) is 0 Å². The van der Waals surface area contributed by atoms with Crippen LogP contribution in [-0.2, 0) is 16.1 Å². The van der Waals surface area contributed by atoms with Crippen molar-refractivity contribution >= 4 is 17.7 Å². The summed E-state index contributed by atoms with van der Waals surface area (Å²) in [5.41, 5.74) is 2.74. The molecule has 2 rings (SSSR count). The second-order valence-corrected chi connectivity index (χ2v) is 4.78. The Balaban J connectivity index is 1.89. The van der Waals surface area contributed by atoms with Crippen molar-refractivity contribution < 1.29 is 14.5 Å². The minimum atomic E-state index is -0.469. The summed E-state index contributed by atoms with van der Waals surface area (Å²) < 4.78 is 5.13. The molecule has 0 radical (unpaired) electrons. The Kier molecular flexibility index (Phi) is 5.03. The molecule has 0 heterocycles. The lowest BCUT2D eigenvalue weighted by molar-refractivity contribution is -0.384. The molecule has 0 aliphatic carbocycles. The first-order valence-electron chi connectivity index (χ1n) is 6.69. The number of nitro groups is 1. The molecule has 0 aliphatic heterocycles. The zero-order valence-electron chi connectivity index (χ0n) is 12.1. The molecule has 0 atom stereocenters. The Hall–Kier alpha value is -2.95. The largest absolute Gasteiger partial charge is 0.458 e. The molecule has 0 amide bonds. The summed E-state index contributed by atoms with van der Waals surface area (Å²) in [5.74, 6) is -0.458. The standard InChI is InChI=1S/C17H15NO4/c1-13-3-2-4-15(11-13)12-22-17(19)10-7-14-5-8-16(9-6-14)18(20)21/h2-11H,12H2,1H3/b10-7+. The van der Waals surface area contributed by atoms with Crippen molar-refractivity contribution in [2.24, 2.45) is 0 Å². The highest BCUT2D eigenvalue weighted by molar-refractivity contribution is 5.87. The molecule has 0 saturated carbocycles. The minimum absolute atomic E-state index is 0.0131. The molecule has 2 aromatic carbocycles. The fourth-order valence-electron chi connectivity index (χ4n) is 1.88. The third-order valence-corrected chi connectivity index (χ3v) is 2.98. The van der Waals surface area contributed by atoms with E-state index in [0.717, 1.165) is 11.1 Å². The zero-order chi connectivity index (χ0) is 15.9. The minimum Gasteiger partial charge on any atom is -0.458 e. The van der Waals surface area contributed by atoms with E-state index in [0.29, 0.717) is 5.56 Å². The Morgan fingerprint density at radius 2 is 1.95 bits per heavy atom. The number of ether oxygens (including phenoxy) is 1. The van der Waals surface area contributed by atoms with Gasteiger partial charge in [0.15, 0.2) is 0 Å². The molecule has 0 aliphatic rings. The second-order valence-electron chi connectivity index (χ2n) is 4.78. The quantitative estimate of drug-likeness (QED) is 0.365. The highest BCUT2D eigenvalue weighted by Crippen LogP contribution is 2.13. The van der Waals surface area contributed by atoms with Gasteiger partial charge < -0.3 is 4.74 Å². The van der Waals surface area contributed by atoms with Crippen molar-refractivity contribution in [3.05, 3.63) is 81.4 Å². The third kappa shape index (κ3) is 4.56. The van der Waals surface area contributed by atoms with Crippen LogP contribution in [0.25, 0.3) is 6.08 Å². The predicted octanol–water partition coefficient (Wildman–Crippen LogP) is 3.66. The highest BCUT2D eigenvalue weighted by atomic mass is 16.6. The summed E-state index contributed by atoms with van der Waals surface area (Å²) in [5, 5.41) is 10.5. The number of non-ortho nitro benzene ring substituents is 1. The van der Waals surface area contributed by atoms with E-state index in [-0.39, 0.29) is 12.3 Å². The van der Waals surface area contributed by atoms with E-state index in [2.05, 4.69) is 0 Å². The number of benzene rings is 2. The molecule has 0 unspecified atom stereocenters. The van der Waals surface area contributed by atoms with Crippen LogP contribution in [0.2, 0.25) is 0 Å². The van der Waals surface area contributed by atoms with E-state index < -0.39 is 10.9 Å². The molecule has 0 bridgehead atoms. The molecule has 0 fully saturated rings. The summed E-state index contributed by atoms with van der Waals surface area (Å²) in [6, 6.07) is 13.6. The van der Waals surface area contributed by atoms with Gasteiger partial charge in [-0.15, -0.1) is 0 Å². The van der Waals surface area contributed by atoms with E-state index in [4.69, 9.17) is 4.74 Å². The molecule has 22 heavy (non-hydrogen) atoms. The number of rotatable bonds is 5. The van der Waals surface area contributed by atoms with Crippen LogP contribution in [0.1, 0.15) is 16.7 Å². The van der Waals surface area contributed by atoms with Crippen LogP contribution < -0.4 is 0 Å². The van der Waals surface area contributed by atoms with Gasteiger partial charge in [0, 0.05) is 18.2 Å². The number of nitrogens with zero attached hydrogens (tertiary/aromatic N) is 1. The predicted molar refractivity (Wildman–Crippen MR) is 83.1 cm³/mol. The van der Waals surface area contributed by atoms with Crippen LogP contribution >= 0.6 is 0 Å². The van der Waals surface area contributed by atoms with Gasteiger partial charge in [0.1, 0.15) is 6.61 Å². The van der Waals surface area contributed by atoms with Crippen molar-refractivity contribution in [1.82, 2.24) is 0 Å². The van der Waals surface area contributed by atoms with Crippen molar-refractivity contribution in [2.45, 2.75) is 13.5 Å². The van der Waals surface area contributed by atoms with Crippen LogP contribution in [-0.4, -0.2) is 10.9 Å². The van der Waals surface area contributed by atoms with Gasteiger partial charge in [-0.2, -0.15) is 0 Å². The maximum Gasteiger partial charge on any atom is 0.331 e. The monoisotopic (exact) mass is 297 g/mol. The van der Waals surface area contributed by atoms with Crippen LogP contribution in [0.4, 0.5) is 5.69 Å². The number of carbonyl (C=O) groups is 1. The Labute approximate surface area is 128 Å². The maximum atomic E-state index is 11.6. The number of hydrogen-bond acceptors (Lipinski definition) is 4.